The first-order chi connectivity index (χ1) is 15.1. The van der Waals surface area contributed by atoms with Crippen molar-refractivity contribution in [2.75, 3.05) is 29.3 Å². The van der Waals surface area contributed by atoms with Crippen LogP contribution in [0, 0.1) is 19.8 Å². The van der Waals surface area contributed by atoms with Crippen molar-refractivity contribution >= 4 is 33.3 Å². The van der Waals surface area contributed by atoms with E-state index in [1.165, 1.54) is 18.2 Å². The summed E-state index contributed by atoms with van der Waals surface area (Å²) in [5.74, 6) is -1.77. The number of aryl methyl sites for hydroxylation is 2. The summed E-state index contributed by atoms with van der Waals surface area (Å²) in [6.07, 6.45) is 1.42. The summed E-state index contributed by atoms with van der Waals surface area (Å²) < 4.78 is 33.9. The van der Waals surface area contributed by atoms with Gasteiger partial charge < -0.3 is 14.7 Å². The second kappa shape index (κ2) is 9.60. The number of nitrogens with one attached hydrogen (secondary N) is 1. The van der Waals surface area contributed by atoms with Crippen LogP contribution >= 0.6 is 0 Å². The van der Waals surface area contributed by atoms with Gasteiger partial charge in [-0.2, -0.15) is 0 Å². The zero-order valence-corrected chi connectivity index (χ0v) is 19.2. The fraction of sp³-hybridized carbons (Fsp3) is 0.391. The van der Waals surface area contributed by atoms with Crippen LogP contribution in [0.3, 0.4) is 0 Å². The molecule has 3 rings (SSSR count). The van der Waals surface area contributed by atoms with Gasteiger partial charge in [0.2, 0.25) is 0 Å². The maximum atomic E-state index is 13.1. The molecule has 8 nitrogen and oxygen atoms in total. The molecule has 1 heterocycles. The molecule has 2 N–H and O–H groups in total. The molecule has 0 bridgehead atoms. The Hall–Kier alpha value is -3.07. The number of ether oxygens (including phenoxy) is 1. The Morgan fingerprint density at radius 3 is 2.56 bits per heavy atom. The first-order valence-electron chi connectivity index (χ1n) is 10.5. The first kappa shape index (κ1) is 23.6. The number of anilines is 2. The highest BCUT2D eigenvalue weighted by atomic mass is 32.2. The van der Waals surface area contributed by atoms with Crippen LogP contribution in [0.5, 0.6) is 0 Å². The predicted octanol–water partition coefficient (Wildman–Crippen LogP) is 3.58. The van der Waals surface area contributed by atoms with E-state index in [9.17, 15) is 23.1 Å². The van der Waals surface area contributed by atoms with Gasteiger partial charge in [-0.15, -0.1) is 0 Å². The van der Waals surface area contributed by atoms with Gasteiger partial charge in [-0.05, 0) is 75.1 Å². The summed E-state index contributed by atoms with van der Waals surface area (Å²) in [6, 6.07) is 9.14. The Morgan fingerprint density at radius 1 is 1.16 bits per heavy atom. The molecule has 1 aliphatic heterocycles. The number of esters is 1. The minimum Gasteiger partial charge on any atom is -0.478 e. The number of benzene rings is 2. The van der Waals surface area contributed by atoms with Crippen LogP contribution in [0.25, 0.3) is 0 Å². The smallest absolute Gasteiger partial charge is 0.335 e. The summed E-state index contributed by atoms with van der Waals surface area (Å²) in [6.45, 7) is 6.74. The third kappa shape index (κ3) is 5.21. The van der Waals surface area contributed by atoms with E-state index in [1.54, 1.807) is 25.1 Å². The molecule has 172 valence electrons. The van der Waals surface area contributed by atoms with Gasteiger partial charge in [0.1, 0.15) is 0 Å². The number of hydrogen-bond donors (Lipinski definition) is 2. The SMILES string of the molecule is CCOC(=O)[C@@H]1CCCN(c2ccc(C(=O)O)cc2NS(=O)(=O)c2ccc(C)c(C)c2)C1. The molecule has 1 fully saturated rings. The molecule has 2 aromatic carbocycles. The summed E-state index contributed by atoms with van der Waals surface area (Å²) in [4.78, 5) is 25.7. The van der Waals surface area contributed by atoms with Crippen LogP contribution in [0.1, 0.15) is 41.3 Å². The van der Waals surface area contributed by atoms with Crippen molar-refractivity contribution in [1.29, 1.82) is 0 Å². The topological polar surface area (TPSA) is 113 Å². The van der Waals surface area contributed by atoms with Crippen molar-refractivity contribution in [1.82, 2.24) is 0 Å². The zero-order chi connectivity index (χ0) is 23.5. The van der Waals surface area contributed by atoms with Crippen LogP contribution in [-0.2, 0) is 19.6 Å². The van der Waals surface area contributed by atoms with E-state index >= 15 is 0 Å². The lowest BCUT2D eigenvalue weighted by molar-refractivity contribution is -0.148. The lowest BCUT2D eigenvalue weighted by atomic mass is 9.97. The van der Waals surface area contributed by atoms with Crippen LogP contribution in [0.2, 0.25) is 0 Å². The van der Waals surface area contributed by atoms with Crippen molar-refractivity contribution in [3.05, 3.63) is 53.1 Å². The van der Waals surface area contributed by atoms with Gasteiger partial charge in [0.05, 0.1) is 34.4 Å². The molecule has 0 saturated carbocycles. The molecule has 9 heteroatoms. The van der Waals surface area contributed by atoms with E-state index in [1.807, 2.05) is 18.7 Å². The zero-order valence-electron chi connectivity index (χ0n) is 18.4. The minimum absolute atomic E-state index is 0.0366. The predicted molar refractivity (Wildman–Crippen MR) is 122 cm³/mol. The summed E-state index contributed by atoms with van der Waals surface area (Å²) in [5, 5.41) is 9.41. The van der Waals surface area contributed by atoms with Gasteiger partial charge in [-0.1, -0.05) is 6.07 Å². The number of carbonyl (C=O) groups excluding carboxylic acids is 1. The third-order valence-corrected chi connectivity index (χ3v) is 7.02. The molecule has 32 heavy (non-hydrogen) atoms. The largest absolute Gasteiger partial charge is 0.478 e. The average molecular weight is 461 g/mol. The molecule has 0 spiro atoms. The molecule has 1 saturated heterocycles. The second-order valence-corrected chi connectivity index (χ2v) is 9.61. The standard InChI is InChI=1S/C23H28N2O6S/c1-4-31-23(28)18-6-5-11-25(14-18)21-10-8-17(22(26)27)13-20(21)24-32(29,30)19-9-7-15(2)16(3)12-19/h7-10,12-13,18,24H,4-6,11,14H2,1-3H3,(H,26,27)/t18-/m1/s1. The highest BCUT2D eigenvalue weighted by Crippen LogP contribution is 2.33. The summed E-state index contributed by atoms with van der Waals surface area (Å²) >= 11 is 0. The molecular formula is C23H28N2O6S. The molecular weight excluding hydrogens is 432 g/mol. The summed E-state index contributed by atoms with van der Waals surface area (Å²) in [5.41, 5.74) is 2.45. The van der Waals surface area contributed by atoms with Crippen molar-refractivity contribution < 1.29 is 27.9 Å². The number of nitrogens with zero attached hydrogens (tertiary/aromatic N) is 1. The average Bonchev–Trinajstić information content (AvgIpc) is 2.75. The number of hydrogen-bond acceptors (Lipinski definition) is 6. The van der Waals surface area contributed by atoms with Crippen LogP contribution in [0.4, 0.5) is 11.4 Å². The normalized spacial score (nSPS) is 16.5. The fourth-order valence-electron chi connectivity index (χ4n) is 3.76. The number of sulfonamides is 1. The molecule has 2 aromatic rings. The van der Waals surface area contributed by atoms with E-state index in [-0.39, 0.29) is 28.0 Å². The monoisotopic (exact) mass is 460 g/mol. The van der Waals surface area contributed by atoms with Gasteiger partial charge in [-0.25, -0.2) is 13.2 Å². The van der Waals surface area contributed by atoms with Gasteiger partial charge in [0, 0.05) is 13.1 Å². The Kier molecular flexibility index (Phi) is 7.08. The molecule has 0 aliphatic carbocycles. The second-order valence-electron chi connectivity index (χ2n) is 7.93. The van der Waals surface area contributed by atoms with Gasteiger partial charge in [0.15, 0.2) is 0 Å². The van der Waals surface area contributed by atoms with Gasteiger partial charge in [0.25, 0.3) is 10.0 Å². The Labute approximate surface area is 188 Å². The minimum atomic E-state index is -3.96. The van der Waals surface area contributed by atoms with E-state index < -0.39 is 16.0 Å². The van der Waals surface area contributed by atoms with Crippen molar-refractivity contribution in [2.24, 2.45) is 5.92 Å². The summed E-state index contributed by atoms with van der Waals surface area (Å²) in [7, 11) is -3.96. The molecule has 1 atom stereocenters. The van der Waals surface area contributed by atoms with Crippen molar-refractivity contribution in [2.45, 2.75) is 38.5 Å². The highest BCUT2D eigenvalue weighted by Gasteiger charge is 2.29. The van der Waals surface area contributed by atoms with E-state index in [0.717, 1.165) is 17.5 Å². The highest BCUT2D eigenvalue weighted by molar-refractivity contribution is 7.92. The Bertz CT molecular complexity index is 1130. The molecule has 0 radical (unpaired) electrons. The van der Waals surface area contributed by atoms with Gasteiger partial charge >= 0.3 is 11.9 Å². The van der Waals surface area contributed by atoms with Crippen molar-refractivity contribution in [3.8, 4) is 0 Å². The third-order valence-electron chi connectivity index (χ3n) is 5.66. The van der Waals surface area contributed by atoms with Gasteiger partial charge in [-0.3, -0.25) is 9.52 Å². The fourth-order valence-corrected chi connectivity index (χ4v) is 4.91. The maximum Gasteiger partial charge on any atom is 0.335 e. The Balaban J connectivity index is 1.97. The Morgan fingerprint density at radius 2 is 1.91 bits per heavy atom. The van der Waals surface area contributed by atoms with E-state index in [4.69, 9.17) is 4.74 Å². The van der Waals surface area contributed by atoms with E-state index in [2.05, 4.69) is 4.72 Å². The number of rotatable bonds is 7. The van der Waals surface area contributed by atoms with Crippen LogP contribution in [0.15, 0.2) is 41.3 Å². The molecule has 0 amide bonds. The number of carboxylic acids is 1. The first-order valence-corrected chi connectivity index (χ1v) is 12.0. The lowest BCUT2D eigenvalue weighted by Gasteiger charge is -2.34. The number of aromatic carboxylic acids is 1. The number of piperidine rings is 1. The number of carboxylic acid groups (broad SMARTS) is 1. The molecule has 0 aromatic heterocycles. The van der Waals surface area contributed by atoms with E-state index in [0.29, 0.717) is 31.8 Å². The van der Waals surface area contributed by atoms with Crippen molar-refractivity contribution in [3.63, 3.8) is 0 Å². The maximum absolute atomic E-state index is 13.1. The molecule has 0 unspecified atom stereocenters. The number of carbonyl (C=O) groups is 2. The van der Waals surface area contributed by atoms with Crippen LogP contribution < -0.4 is 9.62 Å². The molecule has 1 aliphatic rings. The lowest BCUT2D eigenvalue weighted by Crippen LogP contribution is -2.39. The van der Waals surface area contributed by atoms with Crippen LogP contribution in [-0.4, -0.2) is 45.2 Å². The quantitative estimate of drug-likeness (QED) is 0.607.